The molecule has 3 aromatic rings. The molecule has 0 saturated carbocycles. The first kappa shape index (κ1) is 19.0. The third kappa shape index (κ3) is 4.11. The minimum Gasteiger partial charge on any atom is -0.320 e. The highest BCUT2D eigenvalue weighted by molar-refractivity contribution is 9.10. The molecule has 0 saturated heterocycles. The molecule has 0 bridgehead atoms. The molecule has 0 aliphatic heterocycles. The van der Waals surface area contributed by atoms with Gasteiger partial charge in [-0.1, -0.05) is 69.0 Å². The Morgan fingerprint density at radius 3 is 2.50 bits per heavy atom. The molecule has 2 aromatic carbocycles. The Labute approximate surface area is 170 Å². The van der Waals surface area contributed by atoms with Crippen molar-refractivity contribution in [3.05, 3.63) is 79.5 Å². The Kier molecular flexibility index (Phi) is 5.70. The van der Waals surface area contributed by atoms with Crippen molar-refractivity contribution >= 4 is 50.7 Å². The quantitative estimate of drug-likeness (QED) is 0.538. The number of rotatable bonds is 4. The lowest BCUT2D eigenvalue weighted by Crippen LogP contribution is -2.13. The van der Waals surface area contributed by atoms with E-state index in [1.165, 1.54) is 5.56 Å². The Hall–Kier alpha value is -1.82. The van der Waals surface area contributed by atoms with Gasteiger partial charge in [-0.25, -0.2) is 4.68 Å². The van der Waals surface area contributed by atoms with Crippen molar-refractivity contribution in [3.8, 4) is 0 Å². The zero-order valence-corrected chi connectivity index (χ0v) is 17.3. The van der Waals surface area contributed by atoms with E-state index in [1.54, 1.807) is 29.8 Å². The van der Waals surface area contributed by atoms with E-state index in [-0.39, 0.29) is 5.91 Å². The Morgan fingerprint density at radius 1 is 1.15 bits per heavy atom. The van der Waals surface area contributed by atoms with Crippen LogP contribution in [0, 0.1) is 13.8 Å². The fraction of sp³-hybridized carbons (Fsp3) is 0.158. The van der Waals surface area contributed by atoms with Crippen molar-refractivity contribution in [1.29, 1.82) is 0 Å². The summed E-state index contributed by atoms with van der Waals surface area (Å²) in [7, 11) is 0. The number of nitrogens with zero attached hydrogens (tertiary/aromatic N) is 2. The lowest BCUT2D eigenvalue weighted by atomic mass is 10.1. The van der Waals surface area contributed by atoms with Crippen molar-refractivity contribution in [2.45, 2.75) is 20.4 Å². The van der Waals surface area contributed by atoms with Crippen molar-refractivity contribution in [1.82, 2.24) is 9.78 Å². The SMILES string of the molecule is Cc1ccc(Cn2nc(C)c(C(=O)Nc3ccc(Br)cc3Cl)c2Cl)cc1. The molecule has 0 atom stereocenters. The molecule has 1 aromatic heterocycles. The number of halogens is 3. The molecule has 0 radical (unpaired) electrons. The molecule has 7 heteroatoms. The van der Waals surface area contributed by atoms with Crippen LogP contribution in [0.15, 0.2) is 46.9 Å². The van der Waals surface area contributed by atoms with Gasteiger partial charge < -0.3 is 5.32 Å². The summed E-state index contributed by atoms with van der Waals surface area (Å²) in [5.74, 6) is -0.341. The number of carbonyl (C=O) groups excluding carboxylic acids is 1. The number of aryl methyl sites for hydroxylation is 2. The van der Waals surface area contributed by atoms with Gasteiger partial charge in [-0.15, -0.1) is 0 Å². The Bertz CT molecular complexity index is 968. The van der Waals surface area contributed by atoms with Crippen molar-refractivity contribution in [3.63, 3.8) is 0 Å². The van der Waals surface area contributed by atoms with Gasteiger partial charge in [0.15, 0.2) is 0 Å². The molecule has 1 N–H and O–H groups in total. The Balaban J connectivity index is 1.84. The largest absolute Gasteiger partial charge is 0.320 e. The summed E-state index contributed by atoms with van der Waals surface area (Å²) in [6, 6.07) is 13.3. The summed E-state index contributed by atoms with van der Waals surface area (Å²) in [5, 5.41) is 7.94. The van der Waals surface area contributed by atoms with E-state index in [4.69, 9.17) is 23.2 Å². The molecule has 4 nitrogen and oxygen atoms in total. The topological polar surface area (TPSA) is 46.9 Å². The monoisotopic (exact) mass is 451 g/mol. The van der Waals surface area contributed by atoms with Gasteiger partial charge in [0.05, 0.1) is 28.5 Å². The van der Waals surface area contributed by atoms with Crippen molar-refractivity contribution < 1.29 is 4.79 Å². The maximum absolute atomic E-state index is 12.7. The standard InChI is InChI=1S/C19H16BrCl2N3O/c1-11-3-5-13(6-4-11)10-25-18(22)17(12(2)24-25)19(26)23-16-8-7-14(20)9-15(16)21/h3-9H,10H2,1-2H3,(H,23,26). The fourth-order valence-electron chi connectivity index (χ4n) is 2.56. The predicted molar refractivity (Wildman–Crippen MR) is 109 cm³/mol. The summed E-state index contributed by atoms with van der Waals surface area (Å²) < 4.78 is 2.46. The number of aromatic nitrogens is 2. The van der Waals surface area contributed by atoms with Gasteiger partial charge >= 0.3 is 0 Å². The second kappa shape index (κ2) is 7.82. The number of hydrogen-bond donors (Lipinski definition) is 1. The molecular weight excluding hydrogens is 437 g/mol. The predicted octanol–water partition coefficient (Wildman–Crippen LogP) is 5.87. The average Bonchev–Trinajstić information content (AvgIpc) is 2.86. The zero-order chi connectivity index (χ0) is 18.8. The van der Waals surface area contributed by atoms with E-state index in [1.807, 2.05) is 31.2 Å². The molecule has 0 aliphatic carbocycles. The molecule has 0 unspecified atom stereocenters. The summed E-state index contributed by atoms with van der Waals surface area (Å²) in [4.78, 5) is 12.7. The van der Waals surface area contributed by atoms with E-state index in [2.05, 4.69) is 26.3 Å². The molecule has 0 aliphatic rings. The maximum atomic E-state index is 12.7. The van der Waals surface area contributed by atoms with Gasteiger partial charge in [0.1, 0.15) is 5.15 Å². The third-order valence-electron chi connectivity index (χ3n) is 3.92. The average molecular weight is 453 g/mol. The second-order valence-corrected chi connectivity index (χ2v) is 7.65. The molecule has 1 heterocycles. The van der Waals surface area contributed by atoms with Crippen LogP contribution in [-0.2, 0) is 6.54 Å². The van der Waals surface area contributed by atoms with Crippen LogP contribution in [0.4, 0.5) is 5.69 Å². The Morgan fingerprint density at radius 2 is 1.85 bits per heavy atom. The molecule has 134 valence electrons. The van der Waals surface area contributed by atoms with Crippen LogP contribution in [0.5, 0.6) is 0 Å². The van der Waals surface area contributed by atoms with E-state index < -0.39 is 0 Å². The summed E-state index contributed by atoms with van der Waals surface area (Å²) in [5.41, 5.74) is 3.66. The van der Waals surface area contributed by atoms with E-state index >= 15 is 0 Å². The van der Waals surface area contributed by atoms with E-state index in [9.17, 15) is 4.79 Å². The van der Waals surface area contributed by atoms with Crippen molar-refractivity contribution in [2.24, 2.45) is 0 Å². The van der Waals surface area contributed by atoms with Gasteiger partial charge in [-0.3, -0.25) is 4.79 Å². The van der Waals surface area contributed by atoms with Crippen LogP contribution >= 0.6 is 39.1 Å². The van der Waals surface area contributed by atoms with E-state index in [0.29, 0.717) is 33.7 Å². The fourth-order valence-corrected chi connectivity index (χ4v) is 3.60. The summed E-state index contributed by atoms with van der Waals surface area (Å²) >= 11 is 15.9. The van der Waals surface area contributed by atoms with E-state index in [0.717, 1.165) is 10.0 Å². The number of anilines is 1. The van der Waals surface area contributed by atoms with Crippen LogP contribution in [0.1, 0.15) is 27.2 Å². The smallest absolute Gasteiger partial charge is 0.260 e. The van der Waals surface area contributed by atoms with Crippen LogP contribution in [0.25, 0.3) is 0 Å². The third-order valence-corrected chi connectivity index (χ3v) is 5.11. The first-order chi connectivity index (χ1) is 12.3. The first-order valence-electron chi connectivity index (χ1n) is 7.90. The molecule has 0 spiro atoms. The maximum Gasteiger partial charge on any atom is 0.260 e. The zero-order valence-electron chi connectivity index (χ0n) is 14.2. The highest BCUT2D eigenvalue weighted by Crippen LogP contribution is 2.28. The number of nitrogens with one attached hydrogen (secondary N) is 1. The van der Waals surface area contributed by atoms with Crippen LogP contribution in [-0.4, -0.2) is 15.7 Å². The van der Waals surface area contributed by atoms with Crippen LogP contribution in [0.3, 0.4) is 0 Å². The van der Waals surface area contributed by atoms with Crippen molar-refractivity contribution in [2.75, 3.05) is 5.32 Å². The number of hydrogen-bond acceptors (Lipinski definition) is 2. The minimum absolute atomic E-state index is 0.300. The number of carbonyl (C=O) groups is 1. The first-order valence-corrected chi connectivity index (χ1v) is 9.45. The number of benzene rings is 2. The van der Waals surface area contributed by atoms with Gasteiger partial charge in [-0.2, -0.15) is 5.10 Å². The number of amides is 1. The summed E-state index contributed by atoms with van der Waals surface area (Å²) in [6.45, 7) is 4.28. The summed E-state index contributed by atoms with van der Waals surface area (Å²) in [6.07, 6.45) is 0. The lowest BCUT2D eigenvalue weighted by Gasteiger charge is -2.08. The minimum atomic E-state index is -0.341. The van der Waals surface area contributed by atoms with Crippen LogP contribution in [0.2, 0.25) is 10.2 Å². The van der Waals surface area contributed by atoms with Gasteiger partial charge in [0.2, 0.25) is 0 Å². The van der Waals surface area contributed by atoms with Gasteiger partial charge in [0, 0.05) is 4.47 Å². The molecule has 0 fully saturated rings. The highest BCUT2D eigenvalue weighted by atomic mass is 79.9. The lowest BCUT2D eigenvalue weighted by molar-refractivity contribution is 0.102. The van der Waals surface area contributed by atoms with Crippen LogP contribution < -0.4 is 5.32 Å². The molecule has 3 rings (SSSR count). The second-order valence-electron chi connectivity index (χ2n) is 5.97. The van der Waals surface area contributed by atoms with Gasteiger partial charge in [-0.05, 0) is 37.6 Å². The molecule has 1 amide bonds. The highest BCUT2D eigenvalue weighted by Gasteiger charge is 2.21. The van der Waals surface area contributed by atoms with Gasteiger partial charge in [0.25, 0.3) is 5.91 Å². The normalized spacial score (nSPS) is 10.8. The molecule has 26 heavy (non-hydrogen) atoms. The molecular formula is C19H16BrCl2N3O.